The SMILES string of the molecule is O=C(Nc1ccc(Nc2ccc(F)cc2F)cn1)c1cccs1. The Balaban J connectivity index is 1.68. The Labute approximate surface area is 134 Å². The van der Waals surface area contributed by atoms with Gasteiger partial charge in [0.15, 0.2) is 0 Å². The highest BCUT2D eigenvalue weighted by Crippen LogP contribution is 2.21. The molecule has 2 aromatic heterocycles. The second kappa shape index (κ2) is 6.53. The van der Waals surface area contributed by atoms with Crippen molar-refractivity contribution in [1.82, 2.24) is 4.98 Å². The van der Waals surface area contributed by atoms with Crippen molar-refractivity contribution in [2.75, 3.05) is 10.6 Å². The third kappa shape index (κ3) is 3.70. The van der Waals surface area contributed by atoms with Crippen LogP contribution in [-0.2, 0) is 0 Å². The summed E-state index contributed by atoms with van der Waals surface area (Å²) in [6.07, 6.45) is 1.45. The number of pyridine rings is 1. The molecule has 4 nitrogen and oxygen atoms in total. The number of anilines is 3. The smallest absolute Gasteiger partial charge is 0.266 e. The van der Waals surface area contributed by atoms with Crippen molar-refractivity contribution in [2.45, 2.75) is 0 Å². The van der Waals surface area contributed by atoms with E-state index in [0.29, 0.717) is 16.4 Å². The molecule has 0 radical (unpaired) electrons. The number of nitrogens with zero attached hydrogens (tertiary/aromatic N) is 1. The molecular formula is C16H11F2N3OS. The van der Waals surface area contributed by atoms with Crippen molar-refractivity contribution < 1.29 is 13.6 Å². The van der Waals surface area contributed by atoms with E-state index < -0.39 is 11.6 Å². The quantitative estimate of drug-likeness (QED) is 0.744. The molecule has 1 amide bonds. The van der Waals surface area contributed by atoms with Gasteiger partial charge in [-0.3, -0.25) is 4.79 Å². The van der Waals surface area contributed by atoms with Gasteiger partial charge in [0.2, 0.25) is 0 Å². The second-order valence-corrected chi connectivity index (χ2v) is 5.56. The molecule has 1 aromatic carbocycles. The Bertz CT molecular complexity index is 820. The minimum Gasteiger partial charge on any atom is -0.352 e. The number of carbonyl (C=O) groups is 1. The molecular weight excluding hydrogens is 320 g/mol. The summed E-state index contributed by atoms with van der Waals surface area (Å²) in [5.41, 5.74) is 0.660. The zero-order valence-electron chi connectivity index (χ0n) is 11.7. The van der Waals surface area contributed by atoms with Crippen LogP contribution >= 0.6 is 11.3 Å². The summed E-state index contributed by atoms with van der Waals surface area (Å²) >= 11 is 1.33. The maximum atomic E-state index is 13.6. The van der Waals surface area contributed by atoms with Gasteiger partial charge in [-0.1, -0.05) is 6.07 Å². The first-order valence-electron chi connectivity index (χ1n) is 6.65. The van der Waals surface area contributed by atoms with Crippen LogP contribution in [0.25, 0.3) is 0 Å². The van der Waals surface area contributed by atoms with Gasteiger partial charge in [0.05, 0.1) is 22.4 Å². The molecule has 0 fully saturated rings. The number of nitrogens with one attached hydrogen (secondary N) is 2. The maximum absolute atomic E-state index is 13.6. The van der Waals surface area contributed by atoms with E-state index in [9.17, 15) is 13.6 Å². The number of benzene rings is 1. The van der Waals surface area contributed by atoms with E-state index in [1.807, 2.05) is 5.38 Å². The highest BCUT2D eigenvalue weighted by atomic mass is 32.1. The van der Waals surface area contributed by atoms with Crippen LogP contribution in [0.1, 0.15) is 9.67 Å². The van der Waals surface area contributed by atoms with Crippen molar-refractivity contribution in [2.24, 2.45) is 0 Å². The van der Waals surface area contributed by atoms with Crippen LogP contribution in [-0.4, -0.2) is 10.9 Å². The number of hydrogen-bond acceptors (Lipinski definition) is 4. The zero-order valence-corrected chi connectivity index (χ0v) is 12.5. The molecule has 0 bridgehead atoms. The molecule has 0 aliphatic carbocycles. The van der Waals surface area contributed by atoms with E-state index in [-0.39, 0.29) is 11.6 Å². The van der Waals surface area contributed by atoms with Crippen LogP contribution in [0.4, 0.5) is 26.0 Å². The van der Waals surface area contributed by atoms with Crippen LogP contribution in [0.5, 0.6) is 0 Å². The lowest BCUT2D eigenvalue weighted by atomic mass is 10.3. The topological polar surface area (TPSA) is 54.0 Å². The van der Waals surface area contributed by atoms with Gasteiger partial charge in [0.25, 0.3) is 5.91 Å². The fourth-order valence-corrected chi connectivity index (χ4v) is 2.49. The Kier molecular flexibility index (Phi) is 4.29. The summed E-state index contributed by atoms with van der Waals surface area (Å²) in [5, 5.41) is 7.27. The summed E-state index contributed by atoms with van der Waals surface area (Å²) in [5.74, 6) is -1.19. The fraction of sp³-hybridized carbons (Fsp3) is 0. The summed E-state index contributed by atoms with van der Waals surface area (Å²) in [6, 6.07) is 10.00. The molecule has 0 aliphatic heterocycles. The van der Waals surface area contributed by atoms with E-state index in [4.69, 9.17) is 0 Å². The predicted octanol–water partition coefficient (Wildman–Crippen LogP) is 4.42. The van der Waals surface area contributed by atoms with Gasteiger partial charge in [-0.25, -0.2) is 13.8 Å². The Morgan fingerprint density at radius 2 is 2.00 bits per heavy atom. The molecule has 0 saturated heterocycles. The molecule has 0 atom stereocenters. The van der Waals surface area contributed by atoms with E-state index in [0.717, 1.165) is 12.1 Å². The van der Waals surface area contributed by atoms with E-state index in [1.54, 1.807) is 24.3 Å². The normalized spacial score (nSPS) is 10.3. The van der Waals surface area contributed by atoms with Crippen LogP contribution in [0.3, 0.4) is 0 Å². The molecule has 0 spiro atoms. The van der Waals surface area contributed by atoms with Crippen LogP contribution in [0.15, 0.2) is 54.0 Å². The number of halogens is 2. The molecule has 2 heterocycles. The summed E-state index contributed by atoms with van der Waals surface area (Å²) < 4.78 is 26.4. The Hall–Kier alpha value is -2.80. The number of carbonyl (C=O) groups excluding carboxylic acids is 1. The summed E-state index contributed by atoms with van der Waals surface area (Å²) in [7, 11) is 0. The molecule has 0 unspecified atom stereocenters. The first kappa shape index (κ1) is 15.1. The van der Waals surface area contributed by atoms with Crippen LogP contribution in [0, 0.1) is 11.6 Å². The van der Waals surface area contributed by atoms with Gasteiger partial charge in [-0.2, -0.15) is 0 Å². The highest BCUT2D eigenvalue weighted by Gasteiger charge is 2.08. The van der Waals surface area contributed by atoms with E-state index >= 15 is 0 Å². The van der Waals surface area contributed by atoms with Gasteiger partial charge >= 0.3 is 0 Å². The van der Waals surface area contributed by atoms with E-state index in [2.05, 4.69) is 15.6 Å². The van der Waals surface area contributed by atoms with Crippen molar-refractivity contribution >= 4 is 34.4 Å². The molecule has 3 aromatic rings. The highest BCUT2D eigenvalue weighted by molar-refractivity contribution is 7.12. The third-order valence-corrected chi connectivity index (χ3v) is 3.83. The number of thiophene rings is 1. The minimum atomic E-state index is -0.694. The molecule has 2 N–H and O–H groups in total. The average Bonchev–Trinajstić information content (AvgIpc) is 3.06. The lowest BCUT2D eigenvalue weighted by Gasteiger charge is -2.08. The predicted molar refractivity (Wildman–Crippen MR) is 86.1 cm³/mol. The van der Waals surface area contributed by atoms with Crippen molar-refractivity contribution in [3.8, 4) is 0 Å². The molecule has 7 heteroatoms. The zero-order chi connectivity index (χ0) is 16.2. The van der Waals surface area contributed by atoms with Gasteiger partial charge < -0.3 is 10.6 Å². The Morgan fingerprint density at radius 1 is 1.13 bits per heavy atom. The molecule has 0 saturated carbocycles. The molecule has 23 heavy (non-hydrogen) atoms. The van der Waals surface area contributed by atoms with Gasteiger partial charge in [-0.15, -0.1) is 11.3 Å². The lowest BCUT2D eigenvalue weighted by Crippen LogP contribution is -2.11. The van der Waals surface area contributed by atoms with Crippen molar-refractivity contribution in [1.29, 1.82) is 0 Å². The van der Waals surface area contributed by atoms with Crippen LogP contribution < -0.4 is 10.6 Å². The van der Waals surface area contributed by atoms with Gasteiger partial charge in [0, 0.05) is 6.07 Å². The fourth-order valence-electron chi connectivity index (χ4n) is 1.87. The molecule has 116 valence electrons. The van der Waals surface area contributed by atoms with E-state index in [1.165, 1.54) is 23.6 Å². The lowest BCUT2D eigenvalue weighted by molar-refractivity contribution is 0.103. The number of rotatable bonds is 4. The van der Waals surface area contributed by atoms with Gasteiger partial charge in [-0.05, 0) is 35.7 Å². The number of aromatic nitrogens is 1. The first-order valence-corrected chi connectivity index (χ1v) is 7.53. The molecule has 3 rings (SSSR count). The molecule has 0 aliphatic rings. The number of amides is 1. The minimum absolute atomic E-state index is 0.142. The number of hydrogen-bond donors (Lipinski definition) is 2. The van der Waals surface area contributed by atoms with Crippen molar-refractivity contribution in [3.05, 3.63) is 70.6 Å². The summed E-state index contributed by atoms with van der Waals surface area (Å²) in [4.78, 5) is 16.6. The largest absolute Gasteiger partial charge is 0.352 e. The average molecular weight is 331 g/mol. The Morgan fingerprint density at radius 3 is 2.65 bits per heavy atom. The van der Waals surface area contributed by atoms with Crippen molar-refractivity contribution in [3.63, 3.8) is 0 Å². The standard InChI is InChI=1S/C16H11F2N3OS/c17-10-3-5-13(12(18)8-10)20-11-4-6-15(19-9-11)21-16(22)14-2-1-7-23-14/h1-9,20H,(H,19,21,22). The van der Waals surface area contributed by atoms with Crippen LogP contribution in [0.2, 0.25) is 0 Å². The maximum Gasteiger partial charge on any atom is 0.266 e. The second-order valence-electron chi connectivity index (χ2n) is 4.61. The monoisotopic (exact) mass is 331 g/mol. The summed E-state index contributed by atoms with van der Waals surface area (Å²) in [6.45, 7) is 0. The van der Waals surface area contributed by atoms with Gasteiger partial charge in [0.1, 0.15) is 17.5 Å². The first-order chi connectivity index (χ1) is 11.1. The third-order valence-electron chi connectivity index (χ3n) is 2.96.